The normalized spacial score (nSPS) is 9.84. The summed E-state index contributed by atoms with van der Waals surface area (Å²) in [6, 6.07) is 7.93. The van der Waals surface area contributed by atoms with Gasteiger partial charge in [0, 0.05) is 63.1 Å². The van der Waals surface area contributed by atoms with Crippen LogP contribution in [0, 0.1) is 0 Å². The van der Waals surface area contributed by atoms with Crippen LogP contribution in [0.1, 0.15) is 155 Å². The quantitative estimate of drug-likeness (QED) is 0.179. The van der Waals surface area contributed by atoms with Crippen LogP contribution in [-0.4, -0.2) is 59.9 Å². The average Bonchev–Trinajstić information content (AvgIpc) is 3.86. The number of rotatable bonds is 5. The second kappa shape index (κ2) is 27.6. The van der Waals surface area contributed by atoms with Crippen LogP contribution in [0.4, 0.5) is 0 Å². The summed E-state index contributed by atoms with van der Waals surface area (Å²) >= 11 is 0. The molecule has 5 rings (SSSR count). The fraction of sp³-hybridized carbons (Fsp3) is 0.595. The van der Waals surface area contributed by atoms with Crippen LogP contribution in [-0.2, 0) is 21.1 Å². The van der Waals surface area contributed by atoms with E-state index >= 15 is 0 Å². The summed E-state index contributed by atoms with van der Waals surface area (Å²) in [4.78, 5) is 13.6. The predicted octanol–water partition coefficient (Wildman–Crippen LogP) is 8.67. The zero-order valence-electron chi connectivity index (χ0n) is 33.5. The van der Waals surface area contributed by atoms with Crippen molar-refractivity contribution in [1.82, 2.24) is 59.9 Å². The standard InChI is InChI=1S/C8H11N.C7H12N2.C7H10N2.C6H11N3.C5H10N4.2C2H6/c1-7(2)8-4-3-5-9-6-8;1-6(2)7-4-5-9(3)8-7;1-6(2)7-8-4-3-5-9-7;1-5(2)6-4-9(3)8-7-6;1-4(2)5-6-8-9(3)7-5;2*1-2/h3-7H,1-2H3;4-6H,1-3H3;3-6H,1-2H3;4-5H,1-3H3;4H,1-3H3;2*1-2H3. The molecule has 0 amide bonds. The van der Waals surface area contributed by atoms with Crippen molar-refractivity contribution in [1.29, 1.82) is 0 Å². The van der Waals surface area contributed by atoms with Crippen molar-refractivity contribution in [2.75, 3.05) is 0 Å². The molecule has 49 heavy (non-hydrogen) atoms. The summed E-state index contributed by atoms with van der Waals surface area (Å²) < 4.78 is 3.55. The number of hydrogen-bond donors (Lipinski definition) is 0. The topological polar surface area (TPSA) is 131 Å². The predicted molar refractivity (Wildman–Crippen MR) is 202 cm³/mol. The van der Waals surface area contributed by atoms with Gasteiger partial charge in [-0.3, -0.25) is 14.3 Å². The van der Waals surface area contributed by atoms with Gasteiger partial charge in [0.25, 0.3) is 0 Å². The highest BCUT2D eigenvalue weighted by Gasteiger charge is 2.03. The first kappa shape index (κ1) is 46.8. The Morgan fingerprint density at radius 2 is 1.10 bits per heavy atom. The van der Waals surface area contributed by atoms with Crippen molar-refractivity contribution >= 4 is 0 Å². The van der Waals surface area contributed by atoms with Crippen LogP contribution in [0.5, 0.6) is 0 Å². The lowest BCUT2D eigenvalue weighted by molar-refractivity contribution is 0.625. The maximum absolute atomic E-state index is 4.23. The Morgan fingerprint density at radius 3 is 1.35 bits per heavy atom. The van der Waals surface area contributed by atoms with Crippen LogP contribution in [0.2, 0.25) is 0 Å². The molecule has 0 fully saturated rings. The van der Waals surface area contributed by atoms with E-state index in [1.807, 2.05) is 97.1 Å². The van der Waals surface area contributed by atoms with Crippen LogP contribution in [0.3, 0.4) is 0 Å². The zero-order valence-corrected chi connectivity index (χ0v) is 33.5. The van der Waals surface area contributed by atoms with E-state index < -0.39 is 0 Å². The molecule has 0 atom stereocenters. The lowest BCUT2D eigenvalue weighted by Crippen LogP contribution is -1.94. The van der Waals surface area contributed by atoms with Gasteiger partial charge in [-0.2, -0.15) is 9.90 Å². The second-order valence-electron chi connectivity index (χ2n) is 12.0. The number of tetrazole rings is 1. The minimum atomic E-state index is 0.374. The molecule has 0 radical (unpaired) electrons. The summed E-state index contributed by atoms with van der Waals surface area (Å²) in [5.41, 5.74) is 3.52. The van der Waals surface area contributed by atoms with E-state index in [1.165, 1.54) is 10.4 Å². The molecule has 12 heteroatoms. The highest BCUT2D eigenvalue weighted by atomic mass is 15.6. The molecule has 0 bridgehead atoms. The zero-order chi connectivity index (χ0) is 37.9. The van der Waals surface area contributed by atoms with Gasteiger partial charge in [-0.15, -0.1) is 15.3 Å². The van der Waals surface area contributed by atoms with E-state index in [4.69, 9.17) is 0 Å². The van der Waals surface area contributed by atoms with Gasteiger partial charge in [-0.1, -0.05) is 108 Å². The monoisotopic (exact) mass is 679 g/mol. The van der Waals surface area contributed by atoms with Gasteiger partial charge >= 0.3 is 0 Å². The minimum Gasteiger partial charge on any atom is -0.276 e. The van der Waals surface area contributed by atoms with Crippen molar-refractivity contribution in [3.8, 4) is 0 Å². The van der Waals surface area contributed by atoms with E-state index in [9.17, 15) is 0 Å². The summed E-state index contributed by atoms with van der Waals surface area (Å²) in [6.07, 6.45) is 11.1. The van der Waals surface area contributed by atoms with Gasteiger partial charge in [0.05, 0.1) is 18.4 Å². The van der Waals surface area contributed by atoms with Crippen LogP contribution in [0.15, 0.2) is 61.4 Å². The molecule has 5 heterocycles. The van der Waals surface area contributed by atoms with Crippen molar-refractivity contribution in [3.05, 3.63) is 90.0 Å². The number of aryl methyl sites for hydroxylation is 3. The van der Waals surface area contributed by atoms with Crippen molar-refractivity contribution in [3.63, 3.8) is 0 Å². The molecular formula is C37H66N12. The smallest absolute Gasteiger partial charge is 0.177 e. The molecule has 0 aliphatic heterocycles. The Hall–Kier alpha value is -4.35. The van der Waals surface area contributed by atoms with Crippen molar-refractivity contribution in [2.24, 2.45) is 21.1 Å². The molecule has 0 unspecified atom stereocenters. The first-order valence-electron chi connectivity index (χ1n) is 17.5. The first-order valence-corrected chi connectivity index (χ1v) is 17.5. The van der Waals surface area contributed by atoms with E-state index in [-0.39, 0.29) is 0 Å². The Labute approximate surface area is 297 Å². The lowest BCUT2D eigenvalue weighted by Gasteiger charge is -2.00. The first-order chi connectivity index (χ1) is 23.2. The highest BCUT2D eigenvalue weighted by molar-refractivity contribution is 5.12. The van der Waals surface area contributed by atoms with Gasteiger partial charge in [0.2, 0.25) is 0 Å². The van der Waals surface area contributed by atoms with Gasteiger partial charge < -0.3 is 0 Å². The number of pyridine rings is 1. The Bertz CT molecular complexity index is 1270. The summed E-state index contributed by atoms with van der Waals surface area (Å²) in [6.45, 7) is 29.0. The van der Waals surface area contributed by atoms with Gasteiger partial charge in [0.1, 0.15) is 5.82 Å². The maximum atomic E-state index is 4.23. The molecule has 5 aromatic rings. The number of hydrogen-bond acceptors (Lipinski definition) is 9. The van der Waals surface area contributed by atoms with E-state index in [1.54, 1.807) is 30.3 Å². The van der Waals surface area contributed by atoms with Crippen molar-refractivity contribution in [2.45, 2.75) is 127 Å². The number of aromatic nitrogens is 12. The SMILES string of the molecule is CC.CC.CC(C)c1cccnc1.CC(C)c1ccn(C)n1.CC(C)c1cn(C)nn1.CC(C)c1ncccn1.CC(C)c1nnn(C)n1. The van der Waals surface area contributed by atoms with Gasteiger partial charge in [-0.05, 0) is 46.7 Å². The molecule has 5 aromatic heterocycles. The molecule has 0 saturated carbocycles. The summed E-state index contributed by atoms with van der Waals surface area (Å²) in [5, 5.41) is 23.5. The molecule has 12 nitrogen and oxygen atoms in total. The summed E-state index contributed by atoms with van der Waals surface area (Å²) in [7, 11) is 5.57. The molecule has 0 aliphatic rings. The second-order valence-corrected chi connectivity index (χ2v) is 12.0. The molecule has 0 N–H and O–H groups in total. The average molecular weight is 679 g/mol. The third-order valence-electron chi connectivity index (χ3n) is 6.03. The van der Waals surface area contributed by atoms with Crippen LogP contribution < -0.4 is 0 Å². The fourth-order valence-electron chi connectivity index (χ4n) is 3.23. The molecular weight excluding hydrogens is 612 g/mol. The largest absolute Gasteiger partial charge is 0.276 e. The fourth-order valence-corrected chi connectivity index (χ4v) is 3.23. The van der Waals surface area contributed by atoms with Crippen LogP contribution >= 0.6 is 0 Å². The van der Waals surface area contributed by atoms with Crippen LogP contribution in [0.25, 0.3) is 0 Å². The Balaban J connectivity index is 0. The Morgan fingerprint density at radius 1 is 0.531 bits per heavy atom. The highest BCUT2D eigenvalue weighted by Crippen LogP contribution is 2.11. The minimum absolute atomic E-state index is 0.374. The van der Waals surface area contributed by atoms with E-state index in [0.29, 0.717) is 29.6 Å². The molecule has 274 valence electrons. The third-order valence-corrected chi connectivity index (χ3v) is 6.03. The number of nitrogens with zero attached hydrogens (tertiary/aromatic N) is 12. The van der Waals surface area contributed by atoms with Gasteiger partial charge in [0.15, 0.2) is 5.82 Å². The van der Waals surface area contributed by atoms with Crippen molar-refractivity contribution < 1.29 is 0 Å². The lowest BCUT2D eigenvalue weighted by atomic mass is 10.1. The molecule has 0 aliphatic carbocycles. The third kappa shape index (κ3) is 22.0. The molecule has 0 aromatic carbocycles. The molecule has 0 spiro atoms. The molecule has 0 saturated heterocycles. The van der Waals surface area contributed by atoms with Gasteiger partial charge in [-0.25, -0.2) is 9.97 Å². The summed E-state index contributed by atoms with van der Waals surface area (Å²) in [5.74, 6) is 4.16. The maximum Gasteiger partial charge on any atom is 0.177 e. The van der Waals surface area contributed by atoms with E-state index in [2.05, 4.69) is 107 Å². The Kier molecular flexibility index (Phi) is 26.3. The van der Waals surface area contributed by atoms with E-state index in [0.717, 1.165) is 23.0 Å².